The Bertz CT molecular complexity index is 776. The van der Waals surface area contributed by atoms with Crippen molar-refractivity contribution in [2.75, 3.05) is 31.4 Å². The number of rotatable bonds is 8. The van der Waals surface area contributed by atoms with E-state index in [1.807, 2.05) is 0 Å². The number of nitrogens with one attached hydrogen (secondary N) is 2. The molecule has 0 bridgehead atoms. The average molecular weight is 363 g/mol. The highest BCUT2D eigenvalue weighted by Crippen LogP contribution is 2.29. The highest BCUT2D eigenvalue weighted by atomic mass is 19.1. The van der Waals surface area contributed by atoms with Gasteiger partial charge in [-0.15, -0.1) is 0 Å². The summed E-state index contributed by atoms with van der Waals surface area (Å²) in [7, 11) is 3.03. The molecule has 2 rings (SSSR count). The van der Waals surface area contributed by atoms with Crippen molar-refractivity contribution in [3.8, 4) is 11.5 Å². The molecule has 0 aliphatic carbocycles. The molecule has 1 unspecified atom stereocenters. The zero-order valence-electron chi connectivity index (χ0n) is 14.8. The van der Waals surface area contributed by atoms with Crippen LogP contribution in [0.5, 0.6) is 11.5 Å². The van der Waals surface area contributed by atoms with E-state index in [0.717, 1.165) is 6.07 Å². The van der Waals surface area contributed by atoms with Crippen LogP contribution in [0.1, 0.15) is 17.3 Å². The van der Waals surface area contributed by atoms with Crippen LogP contribution in [0.4, 0.5) is 21.7 Å². The largest absolute Gasteiger partial charge is 0.497 e. The third-order valence-corrected chi connectivity index (χ3v) is 3.45. The maximum absolute atomic E-state index is 14.2. The zero-order valence-corrected chi connectivity index (χ0v) is 14.8. The number of methoxy groups -OCH3 is 2. The first-order chi connectivity index (χ1) is 12.3. The monoisotopic (exact) mass is 363 g/mol. The lowest BCUT2D eigenvalue weighted by molar-refractivity contribution is 0.100. The van der Waals surface area contributed by atoms with E-state index in [1.165, 1.54) is 14.2 Å². The molecule has 1 aromatic carbocycles. The number of carbonyl (C=O) groups is 1. The maximum Gasteiger partial charge on any atom is 0.252 e. The second-order valence-electron chi connectivity index (χ2n) is 5.66. The van der Waals surface area contributed by atoms with Gasteiger partial charge in [-0.3, -0.25) is 4.79 Å². The van der Waals surface area contributed by atoms with Gasteiger partial charge in [0.2, 0.25) is 0 Å². The number of aromatic nitrogens is 1. The minimum Gasteiger partial charge on any atom is -0.497 e. The quantitative estimate of drug-likeness (QED) is 0.564. The highest BCUT2D eigenvalue weighted by molar-refractivity contribution is 5.98. The van der Waals surface area contributed by atoms with E-state index >= 15 is 0 Å². The third-order valence-electron chi connectivity index (χ3n) is 3.45. The molecule has 0 saturated heterocycles. The summed E-state index contributed by atoms with van der Waals surface area (Å²) in [5, 5.41) is 5.75. The van der Waals surface area contributed by atoms with Crippen LogP contribution in [0, 0.1) is 5.82 Å². The molecule has 0 radical (unpaired) electrons. The predicted molar refractivity (Wildman–Crippen MR) is 97.7 cm³/mol. The van der Waals surface area contributed by atoms with Crippen LogP contribution in [0.3, 0.4) is 0 Å². The van der Waals surface area contributed by atoms with Gasteiger partial charge in [-0.1, -0.05) is 0 Å². The van der Waals surface area contributed by atoms with Gasteiger partial charge >= 0.3 is 0 Å². The molecule has 6 N–H and O–H groups in total. The summed E-state index contributed by atoms with van der Waals surface area (Å²) >= 11 is 0. The number of primary amides is 1. The fourth-order valence-corrected chi connectivity index (χ4v) is 2.17. The van der Waals surface area contributed by atoms with Crippen molar-refractivity contribution >= 4 is 23.2 Å². The van der Waals surface area contributed by atoms with Crippen molar-refractivity contribution in [3.63, 3.8) is 0 Å². The number of benzene rings is 1. The third kappa shape index (κ3) is 4.73. The molecular formula is C17H22FN5O3. The summed E-state index contributed by atoms with van der Waals surface area (Å²) in [4.78, 5) is 15.8. The Hall–Kier alpha value is -3.07. The number of hydrogen-bond acceptors (Lipinski definition) is 7. The standard InChI is InChI=1S/C17H22FN5O3/c1-9(19)8-21-17-14(18)7-13(15(20)24)16(23-17)22-10-4-11(25-2)6-12(5-10)26-3/h4-7,9H,8,19H2,1-3H3,(H2,20,24)(H2,21,22,23). The van der Waals surface area contributed by atoms with E-state index < -0.39 is 11.7 Å². The van der Waals surface area contributed by atoms with Crippen molar-refractivity contribution in [1.82, 2.24) is 4.98 Å². The number of anilines is 3. The molecule has 0 fully saturated rings. The van der Waals surface area contributed by atoms with Crippen molar-refractivity contribution in [2.45, 2.75) is 13.0 Å². The minimum atomic E-state index is -0.812. The summed E-state index contributed by atoms with van der Waals surface area (Å²) in [6, 6.07) is 5.86. The van der Waals surface area contributed by atoms with Gasteiger partial charge < -0.3 is 31.6 Å². The number of hydrogen-bond donors (Lipinski definition) is 4. The van der Waals surface area contributed by atoms with Crippen LogP contribution in [-0.4, -0.2) is 37.7 Å². The lowest BCUT2D eigenvalue weighted by Crippen LogP contribution is -2.26. The van der Waals surface area contributed by atoms with Crippen LogP contribution >= 0.6 is 0 Å². The van der Waals surface area contributed by atoms with Crippen molar-refractivity contribution in [2.24, 2.45) is 11.5 Å². The van der Waals surface area contributed by atoms with Gasteiger partial charge in [0.05, 0.1) is 19.8 Å². The first-order valence-electron chi connectivity index (χ1n) is 7.84. The number of ether oxygens (including phenoxy) is 2. The first-order valence-corrected chi connectivity index (χ1v) is 7.84. The molecule has 1 amide bonds. The number of nitrogens with two attached hydrogens (primary N) is 2. The summed E-state index contributed by atoms with van der Waals surface area (Å²) in [5.41, 5.74) is 11.5. The maximum atomic E-state index is 14.2. The van der Waals surface area contributed by atoms with Gasteiger partial charge in [-0.05, 0) is 13.0 Å². The number of nitrogens with zero attached hydrogens (tertiary/aromatic N) is 1. The summed E-state index contributed by atoms with van der Waals surface area (Å²) in [5.74, 6) is -0.387. The molecule has 9 heteroatoms. The van der Waals surface area contributed by atoms with Crippen LogP contribution in [0.2, 0.25) is 0 Å². The predicted octanol–water partition coefficient (Wildman–Crippen LogP) is 1.84. The molecule has 0 aliphatic rings. The normalized spacial score (nSPS) is 11.6. The number of halogens is 1. The molecular weight excluding hydrogens is 341 g/mol. The summed E-state index contributed by atoms with van der Waals surface area (Å²) < 4.78 is 24.6. The number of pyridine rings is 1. The van der Waals surface area contributed by atoms with E-state index in [4.69, 9.17) is 20.9 Å². The second kappa shape index (κ2) is 8.34. The summed E-state index contributed by atoms with van der Waals surface area (Å²) in [6.45, 7) is 2.08. The molecule has 0 aliphatic heterocycles. The highest BCUT2D eigenvalue weighted by Gasteiger charge is 2.17. The van der Waals surface area contributed by atoms with Gasteiger partial charge in [0.25, 0.3) is 5.91 Å². The molecule has 140 valence electrons. The Balaban J connectivity index is 2.43. The summed E-state index contributed by atoms with van der Waals surface area (Å²) in [6.07, 6.45) is 0. The Labute approximate surface area is 150 Å². The molecule has 1 aromatic heterocycles. The lowest BCUT2D eigenvalue weighted by atomic mass is 10.2. The van der Waals surface area contributed by atoms with Crippen LogP contribution in [0.25, 0.3) is 0 Å². The van der Waals surface area contributed by atoms with Gasteiger partial charge in [-0.25, -0.2) is 9.37 Å². The minimum absolute atomic E-state index is 0.0374. The molecule has 1 heterocycles. The first kappa shape index (κ1) is 19.3. The lowest BCUT2D eigenvalue weighted by Gasteiger charge is -2.15. The van der Waals surface area contributed by atoms with E-state index in [-0.39, 0.29) is 23.2 Å². The van der Waals surface area contributed by atoms with E-state index in [2.05, 4.69) is 15.6 Å². The Morgan fingerprint density at radius 3 is 2.31 bits per heavy atom. The molecule has 1 atom stereocenters. The second-order valence-corrected chi connectivity index (χ2v) is 5.66. The number of amides is 1. The Morgan fingerprint density at radius 1 is 1.19 bits per heavy atom. The molecule has 0 spiro atoms. The van der Waals surface area contributed by atoms with Gasteiger partial charge in [0.15, 0.2) is 11.6 Å². The van der Waals surface area contributed by atoms with Gasteiger partial charge in [0.1, 0.15) is 17.3 Å². The topological polar surface area (TPSA) is 125 Å². The average Bonchev–Trinajstić information content (AvgIpc) is 2.60. The smallest absolute Gasteiger partial charge is 0.252 e. The fraction of sp³-hybridized carbons (Fsp3) is 0.294. The Morgan fingerprint density at radius 2 is 1.81 bits per heavy atom. The zero-order chi connectivity index (χ0) is 19.3. The van der Waals surface area contributed by atoms with Crippen molar-refractivity contribution in [3.05, 3.63) is 35.6 Å². The van der Waals surface area contributed by atoms with Crippen LogP contribution < -0.4 is 31.6 Å². The molecule has 2 aromatic rings. The van der Waals surface area contributed by atoms with Crippen LogP contribution in [-0.2, 0) is 0 Å². The fourth-order valence-electron chi connectivity index (χ4n) is 2.17. The van der Waals surface area contributed by atoms with Crippen molar-refractivity contribution < 1.29 is 18.7 Å². The van der Waals surface area contributed by atoms with Crippen LogP contribution in [0.15, 0.2) is 24.3 Å². The van der Waals surface area contributed by atoms with Crippen molar-refractivity contribution in [1.29, 1.82) is 0 Å². The van der Waals surface area contributed by atoms with Gasteiger partial charge in [0, 0.05) is 36.5 Å². The molecule has 26 heavy (non-hydrogen) atoms. The SMILES string of the molecule is COc1cc(Nc2nc(NCC(C)N)c(F)cc2C(N)=O)cc(OC)c1. The van der Waals surface area contributed by atoms with Gasteiger partial charge in [-0.2, -0.15) is 0 Å². The molecule has 8 nitrogen and oxygen atoms in total. The number of carbonyl (C=O) groups excluding carboxylic acids is 1. The Kier molecular flexibility index (Phi) is 6.18. The van der Waals surface area contributed by atoms with E-state index in [9.17, 15) is 9.18 Å². The molecule has 0 saturated carbocycles. The van der Waals surface area contributed by atoms with E-state index in [0.29, 0.717) is 23.7 Å². The van der Waals surface area contributed by atoms with E-state index in [1.54, 1.807) is 25.1 Å².